The van der Waals surface area contributed by atoms with Gasteiger partial charge in [-0.25, -0.2) is 0 Å². The van der Waals surface area contributed by atoms with E-state index in [1.165, 1.54) is 0 Å². The molecule has 0 unspecified atom stereocenters. The van der Waals surface area contributed by atoms with Crippen molar-refractivity contribution < 1.29 is 20.4 Å². The summed E-state index contributed by atoms with van der Waals surface area (Å²) in [5, 5.41) is 38.1. The smallest absolute Gasteiger partial charge is 0.110 e. The molecule has 0 bridgehead atoms. The minimum atomic E-state index is -1.29. The molecule has 0 aromatic rings. The first-order chi connectivity index (χ1) is 9.08. The minimum Gasteiger partial charge on any atom is -0.394 e. The topological polar surface area (TPSA) is 80.9 Å². The van der Waals surface area contributed by atoms with E-state index >= 15 is 0 Å². The second-order valence-electron chi connectivity index (χ2n) is 4.55. The minimum absolute atomic E-state index is 0.158. The number of aliphatic hydroxyl groups is 4. The van der Waals surface area contributed by atoms with Gasteiger partial charge in [-0.05, 0) is 24.3 Å². The molecule has 0 amide bonds. The van der Waals surface area contributed by atoms with Gasteiger partial charge < -0.3 is 20.4 Å². The maximum absolute atomic E-state index is 10.1. The van der Waals surface area contributed by atoms with Crippen molar-refractivity contribution in [3.8, 4) is 0 Å². The number of hydrogen-bond acceptors (Lipinski definition) is 6. The SMILES string of the molecule is CCCCSC(SCCCC)[C@@H](O)[C@H](O)[C@H](O)CO. The molecule has 0 heterocycles. The lowest BCUT2D eigenvalue weighted by molar-refractivity contribution is -0.0706. The third-order valence-electron chi connectivity index (χ3n) is 2.77. The highest BCUT2D eigenvalue weighted by molar-refractivity contribution is 8.17. The normalized spacial score (nSPS) is 16.6. The van der Waals surface area contributed by atoms with E-state index in [0.29, 0.717) is 0 Å². The quantitative estimate of drug-likeness (QED) is 0.323. The third-order valence-corrected chi connectivity index (χ3v) is 5.85. The van der Waals surface area contributed by atoms with E-state index in [-0.39, 0.29) is 4.58 Å². The van der Waals surface area contributed by atoms with Crippen LogP contribution in [0.2, 0.25) is 0 Å². The summed E-state index contributed by atoms with van der Waals surface area (Å²) in [6, 6.07) is 0. The van der Waals surface area contributed by atoms with Gasteiger partial charge in [-0.15, -0.1) is 23.5 Å². The summed E-state index contributed by atoms with van der Waals surface area (Å²) in [4.78, 5) is 0. The summed E-state index contributed by atoms with van der Waals surface area (Å²) in [5.41, 5.74) is 0. The number of aliphatic hydroxyl groups excluding tert-OH is 4. The first kappa shape index (κ1) is 19.5. The molecule has 0 spiro atoms. The maximum atomic E-state index is 10.1. The van der Waals surface area contributed by atoms with Crippen LogP contribution in [0.5, 0.6) is 0 Å². The van der Waals surface area contributed by atoms with Gasteiger partial charge in [0.15, 0.2) is 0 Å². The molecular formula is C13H28O4S2. The van der Waals surface area contributed by atoms with E-state index in [2.05, 4.69) is 13.8 Å². The average Bonchev–Trinajstić information content (AvgIpc) is 2.43. The van der Waals surface area contributed by atoms with Crippen molar-refractivity contribution in [1.82, 2.24) is 0 Å². The molecule has 19 heavy (non-hydrogen) atoms. The molecule has 0 aliphatic rings. The molecule has 0 saturated heterocycles. The summed E-state index contributed by atoms with van der Waals surface area (Å²) in [6.45, 7) is 3.69. The molecule has 4 N–H and O–H groups in total. The van der Waals surface area contributed by atoms with Crippen molar-refractivity contribution in [3.05, 3.63) is 0 Å². The summed E-state index contributed by atoms with van der Waals surface area (Å²) < 4.78 is -0.158. The molecule has 0 aromatic carbocycles. The molecule has 0 saturated carbocycles. The third kappa shape index (κ3) is 8.42. The van der Waals surface area contributed by atoms with Crippen LogP contribution in [0.4, 0.5) is 0 Å². The van der Waals surface area contributed by atoms with Crippen LogP contribution in [-0.2, 0) is 0 Å². The molecule has 0 fully saturated rings. The zero-order valence-corrected chi connectivity index (χ0v) is 13.5. The zero-order valence-electron chi connectivity index (χ0n) is 11.9. The Balaban J connectivity index is 4.33. The van der Waals surface area contributed by atoms with Gasteiger partial charge in [-0.2, -0.15) is 0 Å². The zero-order chi connectivity index (χ0) is 14.7. The van der Waals surface area contributed by atoms with Gasteiger partial charge in [-0.1, -0.05) is 26.7 Å². The fourth-order valence-corrected chi connectivity index (χ4v) is 4.48. The van der Waals surface area contributed by atoms with Gasteiger partial charge in [0.2, 0.25) is 0 Å². The molecule has 116 valence electrons. The van der Waals surface area contributed by atoms with Crippen molar-refractivity contribution in [3.63, 3.8) is 0 Å². The van der Waals surface area contributed by atoms with Gasteiger partial charge in [0, 0.05) is 0 Å². The van der Waals surface area contributed by atoms with Crippen LogP contribution in [0.15, 0.2) is 0 Å². The van der Waals surface area contributed by atoms with Crippen LogP contribution in [0, 0.1) is 0 Å². The molecule has 4 nitrogen and oxygen atoms in total. The number of thioether (sulfide) groups is 2. The first-order valence-corrected chi connectivity index (χ1v) is 9.06. The van der Waals surface area contributed by atoms with Crippen molar-refractivity contribution in [2.45, 2.75) is 62.4 Å². The number of rotatable bonds is 12. The highest BCUT2D eigenvalue weighted by Crippen LogP contribution is 2.30. The summed E-state index contributed by atoms with van der Waals surface area (Å²) in [7, 11) is 0. The Bertz CT molecular complexity index is 197. The van der Waals surface area contributed by atoms with Gasteiger partial charge in [0.05, 0.1) is 11.2 Å². The van der Waals surface area contributed by atoms with Crippen molar-refractivity contribution in [2.24, 2.45) is 0 Å². The Hall–Kier alpha value is 0.540. The Morgan fingerprint density at radius 2 is 1.32 bits per heavy atom. The highest BCUT2D eigenvalue weighted by atomic mass is 32.2. The molecule has 0 radical (unpaired) electrons. The standard InChI is InChI=1S/C13H28O4S2/c1-3-5-7-18-13(19-8-6-4-2)12(17)11(16)10(15)9-14/h10-17H,3-9H2,1-2H3/t10-,11-,12+/m1/s1. The largest absolute Gasteiger partial charge is 0.394 e. The Morgan fingerprint density at radius 1 is 0.842 bits per heavy atom. The van der Waals surface area contributed by atoms with Crippen LogP contribution < -0.4 is 0 Å². The summed E-state index contributed by atoms with van der Waals surface area (Å²) >= 11 is 3.24. The predicted molar refractivity (Wildman–Crippen MR) is 83.6 cm³/mol. The van der Waals surface area contributed by atoms with Crippen LogP contribution >= 0.6 is 23.5 Å². The maximum Gasteiger partial charge on any atom is 0.110 e. The fraction of sp³-hybridized carbons (Fsp3) is 1.00. The van der Waals surface area contributed by atoms with E-state index in [9.17, 15) is 15.3 Å². The lowest BCUT2D eigenvalue weighted by atomic mass is 10.1. The molecule has 0 aliphatic carbocycles. The molecular weight excluding hydrogens is 284 g/mol. The number of hydrogen-bond donors (Lipinski definition) is 4. The molecule has 3 atom stereocenters. The van der Waals surface area contributed by atoms with Crippen LogP contribution in [0.1, 0.15) is 39.5 Å². The lowest BCUT2D eigenvalue weighted by Gasteiger charge is -2.28. The monoisotopic (exact) mass is 312 g/mol. The number of unbranched alkanes of at least 4 members (excludes halogenated alkanes) is 2. The van der Waals surface area contributed by atoms with Crippen LogP contribution in [0.3, 0.4) is 0 Å². The highest BCUT2D eigenvalue weighted by Gasteiger charge is 2.31. The Labute approximate surface area is 125 Å². The predicted octanol–water partition coefficient (Wildman–Crippen LogP) is 1.45. The van der Waals surface area contributed by atoms with E-state index in [0.717, 1.165) is 37.2 Å². The molecule has 0 aliphatic heterocycles. The lowest BCUT2D eigenvalue weighted by Crippen LogP contribution is -2.44. The fourth-order valence-electron chi connectivity index (χ4n) is 1.43. The summed E-state index contributed by atoms with van der Waals surface area (Å²) in [6.07, 6.45) is 0.733. The van der Waals surface area contributed by atoms with Gasteiger partial charge in [-0.3, -0.25) is 0 Å². The average molecular weight is 312 g/mol. The van der Waals surface area contributed by atoms with E-state index < -0.39 is 24.9 Å². The summed E-state index contributed by atoms with van der Waals surface area (Å²) in [5.74, 6) is 1.86. The van der Waals surface area contributed by atoms with E-state index in [1.54, 1.807) is 23.5 Å². The molecule has 0 aromatic heterocycles. The van der Waals surface area contributed by atoms with E-state index in [4.69, 9.17) is 5.11 Å². The molecule has 0 rings (SSSR count). The molecule has 6 heteroatoms. The second kappa shape index (κ2) is 12.3. The van der Waals surface area contributed by atoms with Crippen LogP contribution in [0.25, 0.3) is 0 Å². The van der Waals surface area contributed by atoms with Crippen molar-refractivity contribution in [1.29, 1.82) is 0 Å². The van der Waals surface area contributed by atoms with Gasteiger partial charge in [0.1, 0.15) is 18.3 Å². The first-order valence-electron chi connectivity index (χ1n) is 6.96. The van der Waals surface area contributed by atoms with Crippen LogP contribution in [-0.4, -0.2) is 61.4 Å². The Morgan fingerprint density at radius 3 is 1.68 bits per heavy atom. The van der Waals surface area contributed by atoms with Crippen molar-refractivity contribution in [2.75, 3.05) is 18.1 Å². The van der Waals surface area contributed by atoms with Gasteiger partial charge in [0.25, 0.3) is 0 Å². The Kier molecular flexibility index (Phi) is 12.6. The second-order valence-corrected chi connectivity index (χ2v) is 7.35. The van der Waals surface area contributed by atoms with E-state index in [1.807, 2.05) is 0 Å². The van der Waals surface area contributed by atoms with Gasteiger partial charge >= 0.3 is 0 Å². The van der Waals surface area contributed by atoms with Crippen molar-refractivity contribution >= 4 is 23.5 Å².